The van der Waals surface area contributed by atoms with Gasteiger partial charge in [0.15, 0.2) is 11.3 Å². The molecule has 7 nitrogen and oxygen atoms in total. The van der Waals surface area contributed by atoms with Gasteiger partial charge in [0.2, 0.25) is 0 Å². The molecule has 0 bridgehead atoms. The minimum atomic E-state index is -0.563. The first-order chi connectivity index (χ1) is 9.13. The molecular formula is C12H10N4O3. The molecule has 3 aromatic rings. The molecule has 1 aromatic carbocycles. The van der Waals surface area contributed by atoms with E-state index in [-0.39, 0.29) is 11.6 Å². The Morgan fingerprint density at radius 3 is 3.00 bits per heavy atom. The number of aromatic nitrogens is 3. The van der Waals surface area contributed by atoms with Crippen LogP contribution in [0.2, 0.25) is 0 Å². The number of nitrogens with one attached hydrogen (secondary N) is 3. The fraction of sp³-hybridized carbons (Fsp3) is 0.0833. The molecule has 3 N–H and O–H groups in total. The molecule has 0 aliphatic rings. The number of hydrogen-bond acceptors (Lipinski definition) is 4. The summed E-state index contributed by atoms with van der Waals surface area (Å²) in [6.45, 7) is 1.80. The van der Waals surface area contributed by atoms with Crippen LogP contribution < -0.4 is 11.1 Å². The van der Waals surface area contributed by atoms with Gasteiger partial charge >= 0.3 is 5.76 Å². The maximum Gasteiger partial charge on any atom is 0.417 e. The summed E-state index contributed by atoms with van der Waals surface area (Å²) in [6, 6.07) is 6.67. The molecule has 96 valence electrons. The molecule has 0 unspecified atom stereocenters. The fourth-order valence-corrected chi connectivity index (χ4v) is 1.79. The van der Waals surface area contributed by atoms with Crippen molar-refractivity contribution in [3.05, 3.63) is 46.2 Å². The van der Waals surface area contributed by atoms with Crippen molar-refractivity contribution in [1.82, 2.24) is 15.2 Å². The van der Waals surface area contributed by atoms with E-state index in [1.54, 1.807) is 31.2 Å². The summed E-state index contributed by atoms with van der Waals surface area (Å²) in [4.78, 5) is 25.6. The summed E-state index contributed by atoms with van der Waals surface area (Å²) in [5.41, 5.74) is 2.32. The number of carbonyl (C=O) groups is 1. The summed E-state index contributed by atoms with van der Waals surface area (Å²) in [7, 11) is 0. The highest BCUT2D eigenvalue weighted by Gasteiger charge is 2.13. The number of para-hydroxylation sites is 1. The minimum absolute atomic E-state index is 0.271. The van der Waals surface area contributed by atoms with E-state index in [0.29, 0.717) is 16.8 Å². The van der Waals surface area contributed by atoms with Gasteiger partial charge in [0.05, 0.1) is 11.2 Å². The SMILES string of the molecule is Cc1cc(C(=O)Nc2cccc3[nH]c(=O)oc23)n[nH]1. The number of aryl methyl sites for hydroxylation is 1. The van der Waals surface area contributed by atoms with Crippen LogP contribution in [-0.2, 0) is 0 Å². The van der Waals surface area contributed by atoms with Crippen LogP contribution >= 0.6 is 0 Å². The highest BCUT2D eigenvalue weighted by molar-refractivity contribution is 6.06. The van der Waals surface area contributed by atoms with Gasteiger partial charge in [0.25, 0.3) is 5.91 Å². The standard InChI is InChI=1S/C12H10N4O3/c1-6-5-9(16-15-6)11(17)13-7-3-2-4-8-10(7)19-12(18)14-8/h2-5H,1H3,(H,13,17)(H,14,18)(H,15,16). The van der Waals surface area contributed by atoms with Gasteiger partial charge in [0, 0.05) is 5.69 Å². The Morgan fingerprint density at radius 1 is 1.42 bits per heavy atom. The number of fused-ring (bicyclic) bond motifs is 1. The van der Waals surface area contributed by atoms with Crippen LogP contribution in [0, 0.1) is 6.92 Å². The normalized spacial score (nSPS) is 10.8. The molecule has 0 aliphatic heterocycles. The van der Waals surface area contributed by atoms with Crippen LogP contribution in [0.15, 0.2) is 33.5 Å². The zero-order chi connectivity index (χ0) is 13.4. The number of aromatic amines is 2. The van der Waals surface area contributed by atoms with Crippen molar-refractivity contribution in [2.75, 3.05) is 5.32 Å². The van der Waals surface area contributed by atoms with E-state index in [1.165, 1.54) is 0 Å². The minimum Gasteiger partial charge on any atom is -0.406 e. The van der Waals surface area contributed by atoms with Gasteiger partial charge in [-0.2, -0.15) is 5.10 Å². The van der Waals surface area contributed by atoms with E-state index in [1.807, 2.05) is 0 Å². The predicted molar refractivity (Wildman–Crippen MR) is 68.1 cm³/mol. The maximum absolute atomic E-state index is 12.0. The van der Waals surface area contributed by atoms with E-state index in [9.17, 15) is 9.59 Å². The number of anilines is 1. The van der Waals surface area contributed by atoms with E-state index in [0.717, 1.165) is 5.69 Å². The molecule has 0 saturated heterocycles. The van der Waals surface area contributed by atoms with Crippen LogP contribution in [0.1, 0.15) is 16.2 Å². The van der Waals surface area contributed by atoms with Crippen molar-refractivity contribution < 1.29 is 9.21 Å². The third-order valence-corrected chi connectivity index (χ3v) is 2.63. The van der Waals surface area contributed by atoms with E-state index < -0.39 is 5.76 Å². The lowest BCUT2D eigenvalue weighted by Gasteiger charge is -2.02. The summed E-state index contributed by atoms with van der Waals surface area (Å²) >= 11 is 0. The van der Waals surface area contributed by atoms with Crippen LogP contribution in [0.25, 0.3) is 11.1 Å². The average molecular weight is 258 g/mol. The lowest BCUT2D eigenvalue weighted by Crippen LogP contribution is -2.12. The molecule has 1 amide bonds. The highest BCUT2D eigenvalue weighted by Crippen LogP contribution is 2.21. The van der Waals surface area contributed by atoms with Gasteiger partial charge in [-0.1, -0.05) is 6.07 Å². The zero-order valence-electron chi connectivity index (χ0n) is 9.98. The lowest BCUT2D eigenvalue weighted by atomic mass is 10.2. The molecule has 2 aromatic heterocycles. The predicted octanol–water partition coefficient (Wildman–Crippen LogP) is 1.40. The second kappa shape index (κ2) is 4.13. The van der Waals surface area contributed by atoms with E-state index >= 15 is 0 Å². The van der Waals surface area contributed by atoms with Gasteiger partial charge in [-0.05, 0) is 25.1 Å². The first-order valence-corrected chi connectivity index (χ1v) is 5.59. The van der Waals surface area contributed by atoms with Gasteiger partial charge in [0.1, 0.15) is 0 Å². The molecule has 7 heteroatoms. The monoisotopic (exact) mass is 258 g/mol. The molecular weight excluding hydrogens is 248 g/mol. The number of benzene rings is 1. The van der Waals surface area contributed by atoms with Crippen LogP contribution in [-0.4, -0.2) is 21.1 Å². The topological polar surface area (TPSA) is 104 Å². The number of hydrogen-bond donors (Lipinski definition) is 3. The van der Waals surface area contributed by atoms with Gasteiger partial charge in [-0.3, -0.25) is 14.9 Å². The largest absolute Gasteiger partial charge is 0.417 e. The number of amides is 1. The Labute approximate surface area is 106 Å². The number of nitrogens with zero attached hydrogens (tertiary/aromatic N) is 1. The number of oxazole rings is 1. The Morgan fingerprint density at radius 2 is 2.26 bits per heavy atom. The molecule has 0 saturated carbocycles. The molecule has 0 aliphatic carbocycles. The maximum atomic E-state index is 12.0. The second-order valence-electron chi connectivity index (χ2n) is 4.09. The molecule has 3 rings (SSSR count). The van der Waals surface area contributed by atoms with Gasteiger partial charge in [-0.25, -0.2) is 4.79 Å². The number of rotatable bonds is 2. The Balaban J connectivity index is 1.97. The molecule has 0 atom stereocenters. The van der Waals surface area contributed by atoms with E-state index in [2.05, 4.69) is 20.5 Å². The van der Waals surface area contributed by atoms with Gasteiger partial charge in [-0.15, -0.1) is 0 Å². The number of H-pyrrole nitrogens is 2. The summed E-state index contributed by atoms with van der Waals surface area (Å²) < 4.78 is 4.99. The Hall–Kier alpha value is -2.83. The summed E-state index contributed by atoms with van der Waals surface area (Å²) in [5.74, 6) is -0.937. The Bertz CT molecular complexity index is 812. The van der Waals surface area contributed by atoms with Crippen molar-refractivity contribution in [2.45, 2.75) is 6.92 Å². The molecule has 0 fully saturated rings. The summed E-state index contributed by atoms with van der Waals surface area (Å²) in [6.07, 6.45) is 0. The van der Waals surface area contributed by atoms with Crippen molar-refractivity contribution >= 4 is 22.7 Å². The van der Waals surface area contributed by atoms with Crippen molar-refractivity contribution in [1.29, 1.82) is 0 Å². The van der Waals surface area contributed by atoms with Crippen LogP contribution in [0.5, 0.6) is 0 Å². The molecule has 2 heterocycles. The smallest absolute Gasteiger partial charge is 0.406 e. The fourth-order valence-electron chi connectivity index (χ4n) is 1.79. The van der Waals surface area contributed by atoms with E-state index in [4.69, 9.17) is 4.42 Å². The quantitative estimate of drug-likeness (QED) is 0.646. The van der Waals surface area contributed by atoms with Gasteiger partial charge < -0.3 is 9.73 Å². The van der Waals surface area contributed by atoms with Crippen LogP contribution in [0.4, 0.5) is 5.69 Å². The lowest BCUT2D eigenvalue weighted by molar-refractivity contribution is 0.102. The molecule has 0 radical (unpaired) electrons. The highest BCUT2D eigenvalue weighted by atomic mass is 16.4. The van der Waals surface area contributed by atoms with Crippen molar-refractivity contribution in [3.63, 3.8) is 0 Å². The zero-order valence-corrected chi connectivity index (χ0v) is 9.98. The first-order valence-electron chi connectivity index (χ1n) is 5.59. The molecule has 0 spiro atoms. The van der Waals surface area contributed by atoms with Crippen molar-refractivity contribution in [2.24, 2.45) is 0 Å². The summed E-state index contributed by atoms with van der Waals surface area (Å²) in [5, 5.41) is 9.20. The second-order valence-corrected chi connectivity index (χ2v) is 4.09. The third-order valence-electron chi connectivity index (χ3n) is 2.63. The Kier molecular flexibility index (Phi) is 2.45. The van der Waals surface area contributed by atoms with Crippen LogP contribution in [0.3, 0.4) is 0 Å². The first kappa shape index (κ1) is 11.3. The number of carbonyl (C=O) groups excluding carboxylic acids is 1. The average Bonchev–Trinajstić information content (AvgIpc) is 2.95. The molecule has 19 heavy (non-hydrogen) atoms. The van der Waals surface area contributed by atoms with Crippen molar-refractivity contribution in [3.8, 4) is 0 Å². The third kappa shape index (κ3) is 2.01.